The van der Waals surface area contributed by atoms with Crippen LogP contribution in [0.25, 0.3) is 0 Å². The van der Waals surface area contributed by atoms with Crippen molar-refractivity contribution >= 4 is 15.7 Å². The molecule has 1 aliphatic heterocycles. The molecule has 0 aromatic rings. The van der Waals surface area contributed by atoms with Gasteiger partial charge in [-0.1, -0.05) is 12.8 Å². The number of carbonyl (C=O) groups is 1. The van der Waals surface area contributed by atoms with Crippen LogP contribution in [-0.2, 0) is 19.4 Å². The number of nitrogens with one attached hydrogen (secondary N) is 1. The van der Waals surface area contributed by atoms with Gasteiger partial charge < -0.3 is 10.1 Å². The number of rotatable bonds is 6. The Labute approximate surface area is 133 Å². The molecule has 128 valence electrons. The summed E-state index contributed by atoms with van der Waals surface area (Å²) >= 11 is 0. The lowest BCUT2D eigenvalue weighted by Crippen LogP contribution is -2.57. The van der Waals surface area contributed by atoms with Crippen molar-refractivity contribution < 1.29 is 17.9 Å². The van der Waals surface area contributed by atoms with Crippen LogP contribution in [-0.4, -0.2) is 69.1 Å². The van der Waals surface area contributed by atoms with Crippen molar-refractivity contribution in [1.29, 1.82) is 0 Å². The molecule has 1 saturated carbocycles. The molecule has 0 aromatic heterocycles. The molecule has 0 bridgehead atoms. The first-order valence-corrected chi connectivity index (χ1v) is 10.2. The van der Waals surface area contributed by atoms with E-state index in [0.29, 0.717) is 25.7 Å². The average Bonchev–Trinajstić information content (AvgIpc) is 2.98. The van der Waals surface area contributed by atoms with Crippen LogP contribution in [0.1, 0.15) is 39.0 Å². The molecule has 0 radical (unpaired) electrons. The predicted molar refractivity (Wildman–Crippen MR) is 85.5 cm³/mol. The van der Waals surface area contributed by atoms with Crippen LogP contribution in [0.4, 0.5) is 0 Å². The molecule has 1 N–H and O–H groups in total. The molecule has 1 heterocycles. The van der Waals surface area contributed by atoms with E-state index in [2.05, 4.69) is 10.2 Å². The fourth-order valence-corrected chi connectivity index (χ4v) is 4.10. The van der Waals surface area contributed by atoms with Gasteiger partial charge in [-0.25, -0.2) is 8.42 Å². The fraction of sp³-hybridized carbons (Fsp3) is 0.933. The zero-order valence-electron chi connectivity index (χ0n) is 13.6. The second-order valence-electron chi connectivity index (χ2n) is 6.60. The van der Waals surface area contributed by atoms with E-state index in [4.69, 9.17) is 4.74 Å². The summed E-state index contributed by atoms with van der Waals surface area (Å²) < 4.78 is 27.9. The summed E-state index contributed by atoms with van der Waals surface area (Å²) in [7, 11) is -2.99. The third-order valence-corrected chi connectivity index (χ3v) is 5.55. The van der Waals surface area contributed by atoms with E-state index < -0.39 is 9.84 Å². The van der Waals surface area contributed by atoms with Gasteiger partial charge in [0.25, 0.3) is 0 Å². The molecule has 0 aromatic carbocycles. The number of ether oxygens (including phenoxy) is 1. The lowest BCUT2D eigenvalue weighted by Gasteiger charge is -2.39. The average molecular weight is 332 g/mol. The fourth-order valence-electron chi connectivity index (χ4n) is 3.32. The first-order valence-electron chi connectivity index (χ1n) is 8.18. The Hall–Kier alpha value is -0.660. The van der Waals surface area contributed by atoms with Crippen molar-refractivity contribution in [3.05, 3.63) is 0 Å². The first-order chi connectivity index (χ1) is 10.4. The second-order valence-corrected chi connectivity index (χ2v) is 8.85. The van der Waals surface area contributed by atoms with Gasteiger partial charge in [0.1, 0.15) is 15.9 Å². The van der Waals surface area contributed by atoms with Gasteiger partial charge in [-0.15, -0.1) is 0 Å². The molecule has 0 spiro atoms. The van der Waals surface area contributed by atoms with Crippen LogP contribution < -0.4 is 5.32 Å². The molecule has 6 nitrogen and oxygen atoms in total. The second kappa shape index (κ2) is 7.75. The van der Waals surface area contributed by atoms with Gasteiger partial charge in [0.15, 0.2) is 0 Å². The van der Waals surface area contributed by atoms with Gasteiger partial charge in [0, 0.05) is 24.9 Å². The Balaban J connectivity index is 1.88. The van der Waals surface area contributed by atoms with Crippen LogP contribution in [0.2, 0.25) is 0 Å². The Morgan fingerprint density at radius 2 is 2.05 bits per heavy atom. The number of sulfone groups is 1. The van der Waals surface area contributed by atoms with Gasteiger partial charge in [-0.3, -0.25) is 9.69 Å². The molecule has 1 amide bonds. The van der Waals surface area contributed by atoms with Gasteiger partial charge in [0.2, 0.25) is 5.91 Å². The molecule has 1 saturated heterocycles. The topological polar surface area (TPSA) is 75.7 Å². The van der Waals surface area contributed by atoms with E-state index in [1.807, 2.05) is 6.92 Å². The Kier molecular flexibility index (Phi) is 6.23. The molecule has 2 atom stereocenters. The number of carbonyl (C=O) groups excluding carboxylic acids is 1. The Morgan fingerprint density at radius 3 is 2.68 bits per heavy atom. The van der Waals surface area contributed by atoms with Crippen molar-refractivity contribution in [2.45, 2.75) is 57.2 Å². The smallest absolute Gasteiger partial charge is 0.239 e. The van der Waals surface area contributed by atoms with E-state index >= 15 is 0 Å². The highest BCUT2D eigenvalue weighted by molar-refractivity contribution is 7.90. The maximum Gasteiger partial charge on any atom is 0.239 e. The molecule has 22 heavy (non-hydrogen) atoms. The highest BCUT2D eigenvalue weighted by Crippen LogP contribution is 2.26. The van der Waals surface area contributed by atoms with Crippen LogP contribution in [0.5, 0.6) is 0 Å². The summed E-state index contributed by atoms with van der Waals surface area (Å²) in [5.41, 5.74) is 0. The third kappa shape index (κ3) is 5.21. The van der Waals surface area contributed by atoms with Crippen molar-refractivity contribution in [3.63, 3.8) is 0 Å². The molecular weight excluding hydrogens is 304 g/mol. The van der Waals surface area contributed by atoms with Crippen molar-refractivity contribution in [1.82, 2.24) is 10.2 Å². The summed E-state index contributed by atoms with van der Waals surface area (Å²) in [6, 6.07) is 0.109. The molecule has 7 heteroatoms. The third-order valence-electron chi connectivity index (χ3n) is 4.58. The van der Waals surface area contributed by atoms with E-state index in [9.17, 15) is 13.2 Å². The summed E-state index contributed by atoms with van der Waals surface area (Å²) in [5, 5.41) is 2.95. The minimum Gasteiger partial charge on any atom is -0.378 e. The van der Waals surface area contributed by atoms with E-state index in [1.165, 1.54) is 19.1 Å². The number of morpholine rings is 1. The minimum absolute atomic E-state index is 0.0346. The highest BCUT2D eigenvalue weighted by atomic mass is 32.2. The lowest BCUT2D eigenvalue weighted by molar-refractivity contribution is -0.135. The Bertz CT molecular complexity index is 474. The largest absolute Gasteiger partial charge is 0.378 e. The molecule has 2 rings (SSSR count). The number of hydrogen-bond donors (Lipinski definition) is 1. The van der Waals surface area contributed by atoms with Crippen LogP contribution in [0, 0.1) is 0 Å². The Morgan fingerprint density at radius 1 is 1.36 bits per heavy atom. The van der Waals surface area contributed by atoms with Crippen LogP contribution >= 0.6 is 0 Å². The normalized spacial score (nSPS) is 26.0. The summed E-state index contributed by atoms with van der Waals surface area (Å²) in [6.07, 6.45) is 6.46. The first kappa shape index (κ1) is 17.7. The molecule has 2 aliphatic rings. The van der Waals surface area contributed by atoms with E-state index in [-0.39, 0.29) is 23.7 Å². The predicted octanol–water partition coefficient (Wildman–Crippen LogP) is 0.569. The summed E-state index contributed by atoms with van der Waals surface area (Å²) in [6.45, 7) is 3.78. The number of hydrogen-bond acceptors (Lipinski definition) is 5. The zero-order chi connectivity index (χ0) is 16.2. The molecule has 0 unspecified atom stereocenters. The quantitative estimate of drug-likeness (QED) is 0.769. The van der Waals surface area contributed by atoms with Gasteiger partial charge >= 0.3 is 0 Å². The maximum absolute atomic E-state index is 12.5. The van der Waals surface area contributed by atoms with E-state index in [1.54, 1.807) is 0 Å². The van der Waals surface area contributed by atoms with Crippen molar-refractivity contribution in [2.75, 3.05) is 31.8 Å². The molecular formula is C15H28N2O4S. The van der Waals surface area contributed by atoms with Gasteiger partial charge in [-0.05, 0) is 26.2 Å². The van der Waals surface area contributed by atoms with Crippen LogP contribution in [0.15, 0.2) is 0 Å². The lowest BCUT2D eigenvalue weighted by atomic mass is 10.1. The standard InChI is InChI=1S/C15H28N2O4S/c1-12(7-10-22(2,19)20)16-15(18)14-11-21-9-8-17(14)13-5-3-4-6-13/h12-14H,3-11H2,1-2H3,(H,16,18)/t12-,14-/m0/s1. The highest BCUT2D eigenvalue weighted by Gasteiger charge is 2.35. The van der Waals surface area contributed by atoms with Crippen LogP contribution in [0.3, 0.4) is 0 Å². The monoisotopic (exact) mass is 332 g/mol. The SMILES string of the molecule is C[C@@H](CCS(C)(=O)=O)NC(=O)[C@@H]1COCCN1C1CCCC1. The zero-order valence-corrected chi connectivity index (χ0v) is 14.4. The molecule has 1 aliphatic carbocycles. The van der Waals surface area contributed by atoms with Crippen molar-refractivity contribution in [3.8, 4) is 0 Å². The van der Waals surface area contributed by atoms with E-state index in [0.717, 1.165) is 19.4 Å². The van der Waals surface area contributed by atoms with Gasteiger partial charge in [0.05, 0.1) is 19.0 Å². The maximum atomic E-state index is 12.5. The summed E-state index contributed by atoms with van der Waals surface area (Å²) in [4.78, 5) is 14.8. The summed E-state index contributed by atoms with van der Waals surface area (Å²) in [5.74, 6) is 0.0645. The molecule has 2 fully saturated rings. The number of amides is 1. The van der Waals surface area contributed by atoms with Crippen molar-refractivity contribution in [2.24, 2.45) is 0 Å². The minimum atomic E-state index is -2.99. The number of nitrogens with zero attached hydrogens (tertiary/aromatic N) is 1. The van der Waals surface area contributed by atoms with Gasteiger partial charge in [-0.2, -0.15) is 0 Å².